The molecule has 6 nitrogen and oxygen atoms in total. The highest BCUT2D eigenvalue weighted by molar-refractivity contribution is 6.31. The van der Waals surface area contributed by atoms with Gasteiger partial charge >= 0.3 is 11.9 Å². The van der Waals surface area contributed by atoms with Gasteiger partial charge in [0.15, 0.2) is 0 Å². The summed E-state index contributed by atoms with van der Waals surface area (Å²) in [6.45, 7) is 2.95. The van der Waals surface area contributed by atoms with Crippen molar-refractivity contribution >= 4 is 11.9 Å². The Morgan fingerprint density at radius 3 is 2.45 bits per heavy atom. The number of carboxylic acids is 1. The number of carbonyl (C=O) groups excluding carboxylic acids is 1. The van der Waals surface area contributed by atoms with Crippen molar-refractivity contribution in [2.45, 2.75) is 6.54 Å². The Hall–Kier alpha value is -2.08. The molecule has 1 N–H and O–H groups in total. The number of para-hydroxylation sites is 1. The van der Waals surface area contributed by atoms with Crippen LogP contribution in [0.15, 0.2) is 24.3 Å². The predicted octanol–water partition coefficient (Wildman–Crippen LogP) is 0.424. The Morgan fingerprint density at radius 1 is 1.20 bits per heavy atom. The van der Waals surface area contributed by atoms with E-state index in [2.05, 4.69) is 4.90 Å². The first kappa shape index (κ1) is 14.3. The second-order valence-electron chi connectivity index (χ2n) is 4.69. The molecule has 0 spiro atoms. The van der Waals surface area contributed by atoms with Gasteiger partial charge in [-0.15, -0.1) is 0 Å². The van der Waals surface area contributed by atoms with Crippen LogP contribution in [0.1, 0.15) is 5.56 Å². The number of ether oxygens (including phenoxy) is 1. The summed E-state index contributed by atoms with van der Waals surface area (Å²) in [6, 6.07) is 7.81. The van der Waals surface area contributed by atoms with Gasteiger partial charge in [0.25, 0.3) is 0 Å². The van der Waals surface area contributed by atoms with E-state index in [1.807, 2.05) is 24.3 Å². The molecule has 0 bridgehead atoms. The Balaban J connectivity index is 1.91. The predicted molar refractivity (Wildman–Crippen MR) is 72.5 cm³/mol. The van der Waals surface area contributed by atoms with E-state index in [0.29, 0.717) is 26.2 Å². The van der Waals surface area contributed by atoms with Crippen molar-refractivity contribution in [2.24, 2.45) is 0 Å². The average Bonchev–Trinajstić information content (AvgIpc) is 2.48. The number of benzene rings is 1. The molecule has 1 aromatic rings. The molecule has 0 atom stereocenters. The summed E-state index contributed by atoms with van der Waals surface area (Å²) in [4.78, 5) is 25.5. The van der Waals surface area contributed by atoms with Crippen LogP contribution in [0.3, 0.4) is 0 Å². The summed E-state index contributed by atoms with van der Waals surface area (Å²) in [7, 11) is 1.64. The number of nitrogens with zero attached hydrogens (tertiary/aromatic N) is 2. The monoisotopic (exact) mass is 278 g/mol. The van der Waals surface area contributed by atoms with E-state index in [4.69, 9.17) is 9.84 Å². The molecule has 1 heterocycles. The summed E-state index contributed by atoms with van der Waals surface area (Å²) < 4.78 is 5.31. The van der Waals surface area contributed by atoms with Crippen LogP contribution in [0.4, 0.5) is 0 Å². The van der Waals surface area contributed by atoms with E-state index in [9.17, 15) is 9.59 Å². The van der Waals surface area contributed by atoms with Crippen LogP contribution >= 0.6 is 0 Å². The molecule has 1 aliphatic rings. The van der Waals surface area contributed by atoms with E-state index in [0.717, 1.165) is 17.9 Å². The molecule has 0 aliphatic carbocycles. The highest BCUT2D eigenvalue weighted by atomic mass is 16.5. The van der Waals surface area contributed by atoms with Crippen LogP contribution in [0.25, 0.3) is 0 Å². The Bertz CT molecular complexity index is 496. The largest absolute Gasteiger partial charge is 0.496 e. The molecule has 20 heavy (non-hydrogen) atoms. The molecule has 1 aromatic carbocycles. The highest BCUT2D eigenvalue weighted by Crippen LogP contribution is 2.19. The fourth-order valence-corrected chi connectivity index (χ4v) is 2.32. The fourth-order valence-electron chi connectivity index (χ4n) is 2.32. The Labute approximate surface area is 117 Å². The molecule has 2 rings (SSSR count). The molecular formula is C14H18N2O4. The van der Waals surface area contributed by atoms with E-state index in [1.165, 1.54) is 4.90 Å². The average molecular weight is 278 g/mol. The van der Waals surface area contributed by atoms with Crippen molar-refractivity contribution in [3.05, 3.63) is 29.8 Å². The van der Waals surface area contributed by atoms with Crippen LogP contribution in [-0.2, 0) is 16.1 Å². The molecular weight excluding hydrogens is 260 g/mol. The van der Waals surface area contributed by atoms with Gasteiger partial charge in [-0.05, 0) is 6.07 Å². The first-order valence-corrected chi connectivity index (χ1v) is 6.48. The minimum absolute atomic E-state index is 0.445. The minimum atomic E-state index is -1.39. The van der Waals surface area contributed by atoms with Crippen LogP contribution in [0.5, 0.6) is 5.75 Å². The third kappa shape index (κ3) is 3.27. The summed E-state index contributed by atoms with van der Waals surface area (Å²) in [5.74, 6) is -1.36. The smallest absolute Gasteiger partial charge is 0.394 e. The van der Waals surface area contributed by atoms with Crippen LogP contribution < -0.4 is 4.74 Å². The molecule has 0 saturated carbocycles. The molecule has 1 saturated heterocycles. The summed E-state index contributed by atoms with van der Waals surface area (Å²) in [5, 5.41) is 8.68. The van der Waals surface area contributed by atoms with Crippen molar-refractivity contribution in [1.29, 1.82) is 0 Å². The van der Waals surface area contributed by atoms with Gasteiger partial charge in [0.1, 0.15) is 5.75 Å². The minimum Gasteiger partial charge on any atom is -0.496 e. The van der Waals surface area contributed by atoms with Gasteiger partial charge in [-0.1, -0.05) is 18.2 Å². The lowest BCUT2D eigenvalue weighted by Gasteiger charge is -2.34. The lowest BCUT2D eigenvalue weighted by atomic mass is 10.1. The van der Waals surface area contributed by atoms with Crippen molar-refractivity contribution in [1.82, 2.24) is 9.80 Å². The zero-order valence-corrected chi connectivity index (χ0v) is 11.4. The molecule has 1 fully saturated rings. The summed E-state index contributed by atoms with van der Waals surface area (Å²) in [5.41, 5.74) is 1.09. The third-order valence-electron chi connectivity index (χ3n) is 3.43. The Morgan fingerprint density at radius 2 is 1.85 bits per heavy atom. The first-order valence-electron chi connectivity index (χ1n) is 6.48. The second kappa shape index (κ2) is 6.38. The summed E-state index contributed by atoms with van der Waals surface area (Å²) >= 11 is 0. The number of piperazine rings is 1. The number of rotatable bonds is 3. The van der Waals surface area contributed by atoms with Gasteiger partial charge in [-0.25, -0.2) is 4.79 Å². The number of aliphatic carboxylic acids is 1. The SMILES string of the molecule is COc1ccccc1CN1CCN(C(=O)C(=O)O)CC1. The first-order chi connectivity index (χ1) is 9.61. The number of methoxy groups -OCH3 is 1. The lowest BCUT2D eigenvalue weighted by molar-refractivity contribution is -0.156. The highest BCUT2D eigenvalue weighted by Gasteiger charge is 2.25. The lowest BCUT2D eigenvalue weighted by Crippen LogP contribution is -2.50. The second-order valence-corrected chi connectivity index (χ2v) is 4.69. The molecule has 6 heteroatoms. The number of amides is 1. The topological polar surface area (TPSA) is 70.1 Å². The van der Waals surface area contributed by atoms with Gasteiger partial charge in [0.05, 0.1) is 7.11 Å². The molecule has 1 amide bonds. The van der Waals surface area contributed by atoms with Crippen molar-refractivity contribution < 1.29 is 19.4 Å². The van der Waals surface area contributed by atoms with Gasteiger partial charge in [0, 0.05) is 38.3 Å². The quantitative estimate of drug-likeness (QED) is 0.812. The Kier molecular flexibility index (Phi) is 4.57. The maximum atomic E-state index is 11.4. The normalized spacial score (nSPS) is 15.9. The van der Waals surface area contributed by atoms with Gasteiger partial charge in [-0.3, -0.25) is 9.69 Å². The van der Waals surface area contributed by atoms with Crippen LogP contribution in [0, 0.1) is 0 Å². The standard InChI is InChI=1S/C14H18N2O4/c1-20-12-5-3-2-4-11(12)10-15-6-8-16(9-7-15)13(17)14(18)19/h2-5H,6-10H2,1H3,(H,18,19). The maximum absolute atomic E-state index is 11.4. The summed E-state index contributed by atoms with van der Waals surface area (Å²) in [6.07, 6.45) is 0. The van der Waals surface area contributed by atoms with Crippen molar-refractivity contribution in [2.75, 3.05) is 33.3 Å². The zero-order chi connectivity index (χ0) is 14.5. The molecule has 0 radical (unpaired) electrons. The molecule has 0 unspecified atom stereocenters. The fraction of sp³-hybridized carbons (Fsp3) is 0.429. The number of carboxylic acid groups (broad SMARTS) is 1. The van der Waals surface area contributed by atoms with Crippen LogP contribution in [0.2, 0.25) is 0 Å². The van der Waals surface area contributed by atoms with E-state index < -0.39 is 11.9 Å². The van der Waals surface area contributed by atoms with Gasteiger partial charge in [0.2, 0.25) is 0 Å². The third-order valence-corrected chi connectivity index (χ3v) is 3.43. The molecule has 0 aromatic heterocycles. The van der Waals surface area contributed by atoms with E-state index in [-0.39, 0.29) is 0 Å². The molecule has 1 aliphatic heterocycles. The number of hydrogen-bond acceptors (Lipinski definition) is 4. The number of carbonyl (C=O) groups is 2. The van der Waals surface area contributed by atoms with Crippen molar-refractivity contribution in [3.63, 3.8) is 0 Å². The number of hydrogen-bond donors (Lipinski definition) is 1. The van der Waals surface area contributed by atoms with Crippen molar-refractivity contribution in [3.8, 4) is 5.75 Å². The molecule has 108 valence electrons. The van der Waals surface area contributed by atoms with E-state index in [1.54, 1.807) is 7.11 Å². The van der Waals surface area contributed by atoms with E-state index >= 15 is 0 Å². The van der Waals surface area contributed by atoms with Gasteiger partial charge < -0.3 is 14.7 Å². The van der Waals surface area contributed by atoms with Gasteiger partial charge in [-0.2, -0.15) is 0 Å². The zero-order valence-electron chi connectivity index (χ0n) is 11.4. The maximum Gasteiger partial charge on any atom is 0.394 e. The van der Waals surface area contributed by atoms with Crippen LogP contribution in [-0.4, -0.2) is 60.1 Å².